The molecule has 0 radical (unpaired) electrons. The normalized spacial score (nSPS) is 17.5. The molecular weight excluding hydrogens is 324 g/mol. The van der Waals surface area contributed by atoms with E-state index in [0.717, 1.165) is 24.2 Å². The number of rotatable bonds is 3. The van der Waals surface area contributed by atoms with E-state index in [0.29, 0.717) is 13.1 Å². The Balaban J connectivity index is 0.00000200. The number of aryl methyl sites for hydroxylation is 1. The highest BCUT2D eigenvalue weighted by atomic mass is 35.5. The molecule has 0 aromatic heterocycles. The quantitative estimate of drug-likeness (QED) is 0.898. The van der Waals surface area contributed by atoms with Gasteiger partial charge in [-0.1, -0.05) is 29.8 Å². The summed E-state index contributed by atoms with van der Waals surface area (Å²) in [4.78, 5) is 1.93. The molecule has 1 aliphatic heterocycles. The van der Waals surface area contributed by atoms with E-state index >= 15 is 0 Å². The van der Waals surface area contributed by atoms with Crippen LogP contribution in [0.15, 0.2) is 24.3 Å². The molecular formula is C14H21Cl2F3N2. The van der Waals surface area contributed by atoms with E-state index in [-0.39, 0.29) is 24.8 Å². The third-order valence-corrected chi connectivity index (χ3v) is 3.44. The Morgan fingerprint density at radius 2 is 1.81 bits per heavy atom. The van der Waals surface area contributed by atoms with Gasteiger partial charge >= 0.3 is 6.18 Å². The number of hydrogen-bond donors (Lipinski definition) is 1. The third-order valence-electron chi connectivity index (χ3n) is 3.44. The second-order valence-corrected chi connectivity index (χ2v) is 5.04. The van der Waals surface area contributed by atoms with Crippen molar-refractivity contribution in [1.82, 2.24) is 10.2 Å². The molecule has 2 rings (SSSR count). The number of halogens is 5. The molecule has 1 aliphatic rings. The maximum atomic E-state index is 12.8. The van der Waals surface area contributed by atoms with Crippen LogP contribution in [0.2, 0.25) is 0 Å². The minimum atomic E-state index is -4.14. The maximum Gasteiger partial charge on any atom is 0.390 e. The van der Waals surface area contributed by atoms with Crippen LogP contribution in [-0.2, 0) is 0 Å². The Bertz CT molecular complexity index is 421. The second kappa shape index (κ2) is 8.83. The number of alkyl halides is 3. The fourth-order valence-corrected chi connectivity index (χ4v) is 2.55. The molecule has 0 spiro atoms. The molecule has 21 heavy (non-hydrogen) atoms. The topological polar surface area (TPSA) is 15.3 Å². The number of nitrogens with one attached hydrogen (secondary N) is 1. The molecule has 1 N–H and O–H groups in total. The molecule has 122 valence electrons. The van der Waals surface area contributed by atoms with Gasteiger partial charge in [-0.3, -0.25) is 4.90 Å². The van der Waals surface area contributed by atoms with Gasteiger partial charge in [-0.05, 0) is 12.5 Å². The highest BCUT2D eigenvalue weighted by Crippen LogP contribution is 2.34. The van der Waals surface area contributed by atoms with Crippen LogP contribution >= 0.6 is 24.8 Å². The monoisotopic (exact) mass is 344 g/mol. The summed E-state index contributed by atoms with van der Waals surface area (Å²) in [5, 5.41) is 3.17. The molecule has 1 aromatic carbocycles. The lowest BCUT2D eigenvalue weighted by Crippen LogP contribution is -2.46. The summed E-state index contributed by atoms with van der Waals surface area (Å²) < 4.78 is 38.4. The Kier molecular flexibility index (Phi) is 8.63. The van der Waals surface area contributed by atoms with Gasteiger partial charge in [0.1, 0.15) is 0 Å². The van der Waals surface area contributed by atoms with Gasteiger partial charge in [0, 0.05) is 32.2 Å². The Labute approximate surface area is 135 Å². The molecule has 1 aromatic rings. The van der Waals surface area contributed by atoms with Gasteiger partial charge in [-0.25, -0.2) is 0 Å². The number of piperazine rings is 1. The van der Waals surface area contributed by atoms with E-state index in [4.69, 9.17) is 0 Å². The SMILES string of the molecule is Cc1cccc([C@@H](CC(F)(F)F)N2CCNCC2)c1.Cl.Cl. The van der Waals surface area contributed by atoms with E-state index in [1.165, 1.54) is 0 Å². The van der Waals surface area contributed by atoms with Crippen molar-refractivity contribution in [3.8, 4) is 0 Å². The standard InChI is InChI=1S/C14H19F3N2.2ClH/c1-11-3-2-4-12(9-11)13(10-14(15,16)17)19-7-5-18-6-8-19;;/h2-4,9,13,18H,5-8,10H2,1H3;2*1H/t13-;;/m1../s1. The van der Waals surface area contributed by atoms with Gasteiger partial charge in [-0.2, -0.15) is 13.2 Å². The number of benzene rings is 1. The Morgan fingerprint density at radius 1 is 1.19 bits per heavy atom. The first-order chi connectivity index (χ1) is 8.96. The van der Waals surface area contributed by atoms with Crippen molar-refractivity contribution >= 4 is 24.8 Å². The van der Waals surface area contributed by atoms with Crippen molar-refractivity contribution < 1.29 is 13.2 Å². The summed E-state index contributed by atoms with van der Waals surface area (Å²) in [7, 11) is 0. The van der Waals surface area contributed by atoms with Crippen LogP contribution in [0, 0.1) is 6.92 Å². The molecule has 0 saturated carbocycles. The van der Waals surface area contributed by atoms with Gasteiger partial charge in [0.05, 0.1) is 6.42 Å². The lowest BCUT2D eigenvalue weighted by Gasteiger charge is -2.35. The Hall–Kier alpha value is -0.490. The first-order valence-electron chi connectivity index (χ1n) is 6.54. The number of hydrogen-bond acceptors (Lipinski definition) is 2. The first kappa shape index (κ1) is 20.5. The largest absolute Gasteiger partial charge is 0.390 e. The average Bonchev–Trinajstić information content (AvgIpc) is 2.36. The van der Waals surface area contributed by atoms with E-state index in [9.17, 15) is 13.2 Å². The van der Waals surface area contributed by atoms with Crippen LogP contribution in [0.5, 0.6) is 0 Å². The fourth-order valence-electron chi connectivity index (χ4n) is 2.55. The lowest BCUT2D eigenvalue weighted by molar-refractivity contribution is -0.148. The van der Waals surface area contributed by atoms with Crippen molar-refractivity contribution in [3.05, 3.63) is 35.4 Å². The molecule has 1 heterocycles. The van der Waals surface area contributed by atoms with Crippen molar-refractivity contribution in [2.75, 3.05) is 26.2 Å². The average molecular weight is 345 g/mol. The van der Waals surface area contributed by atoms with Crippen molar-refractivity contribution in [2.24, 2.45) is 0 Å². The highest BCUT2D eigenvalue weighted by molar-refractivity contribution is 5.85. The molecule has 2 nitrogen and oxygen atoms in total. The predicted molar refractivity (Wildman–Crippen MR) is 83.5 cm³/mol. The summed E-state index contributed by atoms with van der Waals surface area (Å²) >= 11 is 0. The summed E-state index contributed by atoms with van der Waals surface area (Å²) in [5.41, 5.74) is 1.76. The maximum absolute atomic E-state index is 12.8. The van der Waals surface area contributed by atoms with Gasteiger partial charge in [-0.15, -0.1) is 24.8 Å². The van der Waals surface area contributed by atoms with E-state index in [2.05, 4.69) is 5.32 Å². The van der Waals surface area contributed by atoms with E-state index in [1.807, 2.05) is 30.0 Å². The Morgan fingerprint density at radius 3 is 2.33 bits per heavy atom. The molecule has 1 fully saturated rings. The second-order valence-electron chi connectivity index (χ2n) is 5.04. The molecule has 0 aliphatic carbocycles. The van der Waals surface area contributed by atoms with Gasteiger partial charge in [0.25, 0.3) is 0 Å². The zero-order valence-electron chi connectivity index (χ0n) is 11.8. The smallest absolute Gasteiger partial charge is 0.314 e. The molecule has 1 saturated heterocycles. The van der Waals surface area contributed by atoms with Crippen LogP contribution in [0.4, 0.5) is 13.2 Å². The first-order valence-corrected chi connectivity index (χ1v) is 6.54. The molecule has 0 unspecified atom stereocenters. The fraction of sp³-hybridized carbons (Fsp3) is 0.571. The summed E-state index contributed by atoms with van der Waals surface area (Å²) in [6.07, 6.45) is -4.92. The van der Waals surface area contributed by atoms with Crippen molar-refractivity contribution in [3.63, 3.8) is 0 Å². The third kappa shape index (κ3) is 6.43. The van der Waals surface area contributed by atoms with Crippen molar-refractivity contribution in [2.45, 2.75) is 25.6 Å². The van der Waals surface area contributed by atoms with Gasteiger partial charge in [0.15, 0.2) is 0 Å². The summed E-state index contributed by atoms with van der Waals surface area (Å²) in [6.45, 7) is 4.73. The van der Waals surface area contributed by atoms with Crippen LogP contribution < -0.4 is 5.32 Å². The predicted octanol–water partition coefficient (Wildman–Crippen LogP) is 3.74. The van der Waals surface area contributed by atoms with E-state index < -0.39 is 18.6 Å². The van der Waals surface area contributed by atoms with Gasteiger partial charge in [0.2, 0.25) is 0 Å². The molecule has 7 heteroatoms. The summed E-state index contributed by atoms with van der Waals surface area (Å²) in [6, 6.07) is 6.83. The molecule has 0 amide bonds. The molecule has 1 atom stereocenters. The molecule has 0 bridgehead atoms. The number of nitrogens with zero attached hydrogens (tertiary/aromatic N) is 1. The lowest BCUT2D eigenvalue weighted by atomic mass is 9.99. The zero-order valence-corrected chi connectivity index (χ0v) is 13.5. The van der Waals surface area contributed by atoms with Gasteiger partial charge < -0.3 is 5.32 Å². The van der Waals surface area contributed by atoms with Crippen molar-refractivity contribution in [1.29, 1.82) is 0 Å². The highest BCUT2D eigenvalue weighted by Gasteiger charge is 2.35. The van der Waals surface area contributed by atoms with Crippen LogP contribution in [-0.4, -0.2) is 37.3 Å². The minimum absolute atomic E-state index is 0. The van der Waals surface area contributed by atoms with Crippen LogP contribution in [0.1, 0.15) is 23.6 Å². The summed E-state index contributed by atoms with van der Waals surface area (Å²) in [5.74, 6) is 0. The van der Waals surface area contributed by atoms with E-state index in [1.54, 1.807) is 6.07 Å². The van der Waals surface area contributed by atoms with Crippen LogP contribution in [0.3, 0.4) is 0 Å². The van der Waals surface area contributed by atoms with Crippen LogP contribution in [0.25, 0.3) is 0 Å². The zero-order chi connectivity index (χ0) is 13.9. The minimum Gasteiger partial charge on any atom is -0.314 e.